The highest BCUT2D eigenvalue weighted by Crippen LogP contribution is 2.30. The number of nitrogens with two attached hydrogens (primary N) is 1. The molecule has 0 fully saturated rings. The topological polar surface area (TPSA) is 169 Å². The first-order valence-electron chi connectivity index (χ1n) is 12.8. The largest absolute Gasteiger partial charge is 0.466 e. The summed E-state index contributed by atoms with van der Waals surface area (Å²) < 4.78 is 5.05. The van der Waals surface area contributed by atoms with E-state index in [1.807, 2.05) is 6.07 Å². The number of esters is 1. The number of benzene rings is 2. The van der Waals surface area contributed by atoms with Gasteiger partial charge in [0.2, 0.25) is 5.91 Å². The van der Waals surface area contributed by atoms with E-state index in [0.717, 1.165) is 15.3 Å². The van der Waals surface area contributed by atoms with Gasteiger partial charge in [-0.25, -0.2) is 0 Å². The van der Waals surface area contributed by atoms with Gasteiger partial charge in [0.25, 0.3) is 11.6 Å². The van der Waals surface area contributed by atoms with E-state index < -0.39 is 16.9 Å². The van der Waals surface area contributed by atoms with Crippen LogP contribution in [0.1, 0.15) is 43.7 Å². The molecule has 0 unspecified atom stereocenters. The quantitative estimate of drug-likeness (QED) is 0.105. The number of nitro benzene ring substituents is 1. The van der Waals surface area contributed by atoms with Gasteiger partial charge in [-0.3, -0.25) is 29.9 Å². The number of nitrogens with one attached hydrogen (secondary N) is 2. The van der Waals surface area contributed by atoms with Crippen LogP contribution in [0, 0.1) is 15.5 Å². The van der Waals surface area contributed by atoms with Crippen molar-refractivity contribution in [2.24, 2.45) is 5.73 Å². The second-order valence-corrected chi connectivity index (χ2v) is 11.0. The number of non-ortho nitro benzene ring substituents is 1. The SMILES string of the molecule is CCOC(=O)Cc1cc2c(s1)CCN(C(=O)[C@H](Cc1ccc([N+](=O)[O-])cc1Cl)NC(=O)c1ccc(C(=N)N)cc1)C2. The lowest BCUT2D eigenvalue weighted by Crippen LogP contribution is -2.50. The van der Waals surface area contributed by atoms with Crippen molar-refractivity contribution in [2.75, 3.05) is 13.2 Å². The number of hydrogen-bond donors (Lipinski definition) is 3. The molecule has 41 heavy (non-hydrogen) atoms. The zero-order valence-electron chi connectivity index (χ0n) is 22.1. The lowest BCUT2D eigenvalue weighted by molar-refractivity contribution is -0.384. The molecule has 2 aromatic carbocycles. The van der Waals surface area contributed by atoms with Crippen molar-refractivity contribution in [3.63, 3.8) is 0 Å². The summed E-state index contributed by atoms with van der Waals surface area (Å²) in [6, 6.07) is 11.0. The maximum absolute atomic E-state index is 13.8. The highest BCUT2D eigenvalue weighted by atomic mass is 35.5. The van der Waals surface area contributed by atoms with Gasteiger partial charge in [0, 0.05) is 52.5 Å². The normalized spacial score (nSPS) is 13.2. The zero-order chi connectivity index (χ0) is 29.7. The number of thiophene rings is 1. The lowest BCUT2D eigenvalue weighted by atomic mass is 10.0. The van der Waals surface area contributed by atoms with Gasteiger partial charge < -0.3 is 20.7 Å². The van der Waals surface area contributed by atoms with E-state index in [-0.39, 0.29) is 46.8 Å². The monoisotopic (exact) mass is 597 g/mol. The third-order valence-corrected chi connectivity index (χ3v) is 8.18. The van der Waals surface area contributed by atoms with Crippen molar-refractivity contribution in [1.82, 2.24) is 10.2 Å². The third kappa shape index (κ3) is 7.27. The fraction of sp³-hybridized carbons (Fsp3) is 0.286. The maximum Gasteiger partial charge on any atom is 0.311 e. The number of nitrogens with zero attached hydrogens (tertiary/aromatic N) is 2. The van der Waals surface area contributed by atoms with Crippen LogP contribution in [0.4, 0.5) is 5.69 Å². The molecule has 2 amide bonds. The Labute approximate surface area is 244 Å². The molecule has 13 heteroatoms. The van der Waals surface area contributed by atoms with E-state index in [4.69, 9.17) is 27.5 Å². The highest BCUT2D eigenvalue weighted by molar-refractivity contribution is 7.12. The van der Waals surface area contributed by atoms with Crippen molar-refractivity contribution in [2.45, 2.75) is 38.8 Å². The average Bonchev–Trinajstić information content (AvgIpc) is 3.34. The molecule has 0 spiro atoms. The molecule has 1 atom stereocenters. The van der Waals surface area contributed by atoms with Gasteiger partial charge in [-0.05, 0) is 42.7 Å². The van der Waals surface area contributed by atoms with Crippen LogP contribution in [0.5, 0.6) is 0 Å². The van der Waals surface area contributed by atoms with Crippen molar-refractivity contribution in [3.05, 3.63) is 95.7 Å². The number of fused-ring (bicyclic) bond motifs is 1. The number of carbonyl (C=O) groups excluding carboxylic acids is 3. The number of ether oxygens (including phenoxy) is 1. The van der Waals surface area contributed by atoms with Crippen molar-refractivity contribution < 1.29 is 24.0 Å². The van der Waals surface area contributed by atoms with Crippen LogP contribution in [0.25, 0.3) is 0 Å². The van der Waals surface area contributed by atoms with Crippen LogP contribution in [0.15, 0.2) is 48.5 Å². The molecule has 0 bridgehead atoms. The molecule has 1 aromatic heterocycles. The Morgan fingerprint density at radius 2 is 1.90 bits per heavy atom. The molecule has 3 aromatic rings. The van der Waals surface area contributed by atoms with Crippen molar-refractivity contribution in [3.8, 4) is 0 Å². The summed E-state index contributed by atoms with van der Waals surface area (Å²) in [5.74, 6) is -1.29. The molecule has 2 heterocycles. The van der Waals surface area contributed by atoms with E-state index in [9.17, 15) is 24.5 Å². The van der Waals surface area contributed by atoms with E-state index in [2.05, 4.69) is 5.32 Å². The summed E-state index contributed by atoms with van der Waals surface area (Å²) >= 11 is 7.86. The van der Waals surface area contributed by atoms with E-state index >= 15 is 0 Å². The van der Waals surface area contributed by atoms with Crippen LogP contribution < -0.4 is 11.1 Å². The van der Waals surface area contributed by atoms with E-state index in [1.165, 1.54) is 53.8 Å². The molecule has 0 aliphatic carbocycles. The number of hydrogen-bond acceptors (Lipinski definition) is 8. The first-order valence-corrected chi connectivity index (χ1v) is 14.0. The first-order chi connectivity index (χ1) is 19.5. The molecule has 214 valence electrons. The molecule has 0 saturated heterocycles. The Bertz CT molecular complexity index is 1510. The number of nitrogen functional groups attached to an aromatic ring is 1. The summed E-state index contributed by atoms with van der Waals surface area (Å²) in [6.45, 7) is 2.78. The number of halogens is 1. The molecule has 1 aliphatic rings. The Balaban J connectivity index is 1.56. The number of rotatable bonds is 10. The maximum atomic E-state index is 13.8. The number of amides is 2. The average molecular weight is 598 g/mol. The van der Waals surface area contributed by atoms with Crippen LogP contribution in [-0.2, 0) is 40.1 Å². The third-order valence-electron chi connectivity index (χ3n) is 6.59. The number of amidine groups is 1. The Morgan fingerprint density at radius 1 is 1.20 bits per heavy atom. The molecule has 1 aliphatic heterocycles. The molecule has 11 nitrogen and oxygen atoms in total. The molecular weight excluding hydrogens is 570 g/mol. The minimum atomic E-state index is -1.02. The molecule has 0 saturated carbocycles. The molecule has 0 radical (unpaired) electrons. The predicted octanol–water partition coefficient (Wildman–Crippen LogP) is 3.63. The predicted molar refractivity (Wildman–Crippen MR) is 154 cm³/mol. The summed E-state index contributed by atoms with van der Waals surface area (Å²) in [6.07, 6.45) is 0.771. The Kier molecular flexibility index (Phi) is 9.35. The fourth-order valence-corrected chi connectivity index (χ4v) is 5.93. The van der Waals surface area contributed by atoms with Crippen LogP contribution >= 0.6 is 22.9 Å². The summed E-state index contributed by atoms with van der Waals surface area (Å²) in [5.41, 5.74) is 7.44. The van der Waals surface area contributed by atoms with Gasteiger partial charge in [0.15, 0.2) is 0 Å². The van der Waals surface area contributed by atoms with Gasteiger partial charge >= 0.3 is 5.97 Å². The van der Waals surface area contributed by atoms with E-state index in [0.29, 0.717) is 37.2 Å². The second kappa shape index (κ2) is 12.9. The Morgan fingerprint density at radius 3 is 2.54 bits per heavy atom. The van der Waals surface area contributed by atoms with Gasteiger partial charge in [-0.1, -0.05) is 29.8 Å². The number of nitro groups is 1. The first kappa shape index (κ1) is 29.7. The van der Waals surface area contributed by atoms with Crippen LogP contribution in [0.2, 0.25) is 5.02 Å². The van der Waals surface area contributed by atoms with Gasteiger partial charge in [-0.2, -0.15) is 0 Å². The zero-order valence-corrected chi connectivity index (χ0v) is 23.7. The standard InChI is InChI=1S/C28H28ClN5O6S/c1-2-40-25(35)14-21-11-19-15-33(10-9-24(19)41-21)28(37)23(12-18-7-8-20(34(38)39)13-22(18)29)32-27(36)17-5-3-16(4-6-17)26(30)31/h3-8,11,13,23H,2,9-10,12,14-15H2,1H3,(H3,30,31)(H,32,36)/t23-/m0/s1. The highest BCUT2D eigenvalue weighted by Gasteiger charge is 2.31. The summed E-state index contributed by atoms with van der Waals surface area (Å²) in [4.78, 5) is 53.1. The van der Waals surface area contributed by atoms with Crippen molar-refractivity contribution >= 4 is 52.2 Å². The van der Waals surface area contributed by atoms with E-state index in [1.54, 1.807) is 11.8 Å². The molecule has 4 rings (SSSR count). The van der Waals surface area contributed by atoms with Gasteiger partial charge in [0.05, 0.1) is 23.0 Å². The van der Waals surface area contributed by atoms with Crippen LogP contribution in [0.3, 0.4) is 0 Å². The van der Waals surface area contributed by atoms with Gasteiger partial charge in [0.1, 0.15) is 11.9 Å². The molecule has 4 N–H and O–H groups in total. The summed E-state index contributed by atoms with van der Waals surface area (Å²) in [5, 5.41) is 21.6. The van der Waals surface area contributed by atoms with Crippen molar-refractivity contribution in [1.29, 1.82) is 5.41 Å². The van der Waals surface area contributed by atoms with Crippen LogP contribution in [-0.4, -0.2) is 52.6 Å². The summed E-state index contributed by atoms with van der Waals surface area (Å²) in [7, 11) is 0. The van der Waals surface area contributed by atoms with Gasteiger partial charge in [-0.15, -0.1) is 11.3 Å². The Hall–Kier alpha value is -4.29. The second-order valence-electron chi connectivity index (χ2n) is 9.41. The lowest BCUT2D eigenvalue weighted by Gasteiger charge is -2.31. The smallest absolute Gasteiger partial charge is 0.311 e. The number of carbonyl (C=O) groups is 3. The minimum Gasteiger partial charge on any atom is -0.466 e. The molecular formula is C28H28ClN5O6S. The fourth-order valence-electron chi connectivity index (χ4n) is 4.52. The minimum absolute atomic E-state index is 0.00797.